The average molecular weight is 267 g/mol. The van der Waals surface area contributed by atoms with Crippen molar-refractivity contribution in [3.8, 4) is 6.07 Å². The number of hydrogen-bond donors (Lipinski definition) is 1. The molecule has 0 radical (unpaired) electrons. The molecular weight excluding hydrogens is 254 g/mol. The maximum Gasteiger partial charge on any atom is 0.351 e. The molecule has 0 aromatic carbocycles. The van der Waals surface area contributed by atoms with E-state index < -0.39 is 5.97 Å². The first-order valence-corrected chi connectivity index (χ1v) is 6.15. The van der Waals surface area contributed by atoms with Gasteiger partial charge in [0.25, 0.3) is 5.56 Å². The summed E-state index contributed by atoms with van der Waals surface area (Å²) >= 11 is 1.01. The van der Waals surface area contributed by atoms with E-state index in [0.717, 1.165) is 11.3 Å². The van der Waals surface area contributed by atoms with Gasteiger partial charge in [-0.25, -0.2) is 4.79 Å². The molecule has 0 aliphatic rings. The predicted octanol–water partition coefficient (Wildman–Crippen LogP) is -1.14. The van der Waals surface area contributed by atoms with Crippen LogP contribution < -0.4 is 20.5 Å². The van der Waals surface area contributed by atoms with Crippen molar-refractivity contribution in [2.45, 2.75) is 20.4 Å². The van der Waals surface area contributed by atoms with Crippen molar-refractivity contribution in [3.63, 3.8) is 0 Å². The van der Waals surface area contributed by atoms with E-state index in [0.29, 0.717) is 11.1 Å². The third-order valence-corrected chi connectivity index (χ3v) is 3.33. The number of ether oxygens (including phenoxy) is 1. The molecule has 0 aliphatic heterocycles. The molecule has 1 aromatic rings. The van der Waals surface area contributed by atoms with Crippen LogP contribution in [0.2, 0.25) is 0 Å². The number of rotatable bonds is 3. The molecule has 1 heterocycles. The van der Waals surface area contributed by atoms with Gasteiger partial charge in [0.15, 0.2) is 5.57 Å². The van der Waals surface area contributed by atoms with Crippen LogP contribution in [0.1, 0.15) is 13.8 Å². The largest absolute Gasteiger partial charge is 0.462 e. The normalized spacial score (nSPS) is 13.1. The van der Waals surface area contributed by atoms with Gasteiger partial charge in [0.05, 0.1) is 6.61 Å². The number of hydrogen-bond acceptors (Lipinski definition) is 6. The number of carbonyl (C=O) groups excluding carboxylic acids is 1. The number of nitriles is 1. The minimum atomic E-state index is -0.730. The number of carbonyl (C=O) groups is 1. The monoisotopic (exact) mass is 267 g/mol. The fourth-order valence-electron chi connectivity index (χ4n) is 1.39. The van der Waals surface area contributed by atoms with Crippen molar-refractivity contribution in [2.24, 2.45) is 5.73 Å². The van der Waals surface area contributed by atoms with Crippen molar-refractivity contribution in [1.82, 2.24) is 4.57 Å². The Labute approximate surface area is 107 Å². The van der Waals surface area contributed by atoms with E-state index in [1.54, 1.807) is 19.9 Å². The second-order valence-electron chi connectivity index (χ2n) is 3.19. The SMILES string of the molecule is CCOC(=O)/C(C#N)=c1\s/c(=C/N)c(=O)n1CC. The highest BCUT2D eigenvalue weighted by Gasteiger charge is 2.15. The topological polar surface area (TPSA) is 98.1 Å². The predicted molar refractivity (Wildman–Crippen MR) is 67.8 cm³/mol. The quantitative estimate of drug-likeness (QED) is 0.698. The van der Waals surface area contributed by atoms with Crippen LogP contribution >= 0.6 is 11.3 Å². The summed E-state index contributed by atoms with van der Waals surface area (Å²) < 4.78 is 6.69. The van der Waals surface area contributed by atoms with Gasteiger partial charge in [-0.1, -0.05) is 0 Å². The number of nitrogens with two attached hydrogens (primary N) is 1. The zero-order valence-electron chi connectivity index (χ0n) is 10.1. The molecule has 0 fully saturated rings. The van der Waals surface area contributed by atoms with E-state index in [9.17, 15) is 9.59 Å². The Bertz CT molecular complexity index is 663. The molecular formula is C11H13N3O3S. The first-order chi connectivity index (χ1) is 8.60. The summed E-state index contributed by atoms with van der Waals surface area (Å²) in [5, 5.41) is 9.03. The number of nitrogens with zero attached hydrogens (tertiary/aromatic N) is 2. The molecule has 1 aromatic heterocycles. The lowest BCUT2D eigenvalue weighted by Gasteiger charge is -2.00. The van der Waals surface area contributed by atoms with Crippen molar-refractivity contribution >= 4 is 29.1 Å². The van der Waals surface area contributed by atoms with E-state index in [2.05, 4.69) is 0 Å². The highest BCUT2D eigenvalue weighted by atomic mass is 32.1. The zero-order chi connectivity index (χ0) is 13.7. The Morgan fingerprint density at radius 3 is 2.72 bits per heavy atom. The van der Waals surface area contributed by atoms with Crippen LogP contribution in [-0.4, -0.2) is 17.1 Å². The Kier molecular flexibility index (Phi) is 4.68. The molecule has 0 atom stereocenters. The lowest BCUT2D eigenvalue weighted by molar-refractivity contribution is -0.136. The van der Waals surface area contributed by atoms with Crippen LogP contribution in [0.3, 0.4) is 0 Å². The summed E-state index contributed by atoms with van der Waals surface area (Å²) in [6, 6.07) is 1.78. The maximum atomic E-state index is 11.8. The van der Waals surface area contributed by atoms with Gasteiger partial charge in [-0.2, -0.15) is 5.26 Å². The highest BCUT2D eigenvalue weighted by molar-refractivity contribution is 7.07. The summed E-state index contributed by atoms with van der Waals surface area (Å²) in [4.78, 5) is 23.5. The van der Waals surface area contributed by atoms with Crippen molar-refractivity contribution in [2.75, 3.05) is 6.61 Å². The lowest BCUT2D eigenvalue weighted by atomic mass is 10.3. The van der Waals surface area contributed by atoms with E-state index in [-0.39, 0.29) is 22.4 Å². The third kappa shape index (κ3) is 2.43. The van der Waals surface area contributed by atoms with Gasteiger partial charge >= 0.3 is 5.97 Å². The van der Waals surface area contributed by atoms with Gasteiger partial charge in [0.1, 0.15) is 15.3 Å². The summed E-state index contributed by atoms with van der Waals surface area (Å²) in [6.45, 7) is 3.91. The van der Waals surface area contributed by atoms with Crippen molar-refractivity contribution < 1.29 is 9.53 Å². The minimum absolute atomic E-state index is 0.168. The average Bonchev–Trinajstić information content (AvgIpc) is 2.67. The molecule has 6 nitrogen and oxygen atoms in total. The van der Waals surface area contributed by atoms with Gasteiger partial charge in [0.2, 0.25) is 0 Å². The number of aromatic nitrogens is 1. The fraction of sp³-hybridized carbons (Fsp3) is 0.364. The van der Waals surface area contributed by atoms with Gasteiger partial charge < -0.3 is 10.5 Å². The Hall–Kier alpha value is -2.07. The first kappa shape index (κ1) is 14.0. The Morgan fingerprint density at radius 1 is 1.61 bits per heavy atom. The molecule has 0 unspecified atom stereocenters. The molecule has 2 N–H and O–H groups in total. The molecule has 0 amide bonds. The third-order valence-electron chi connectivity index (χ3n) is 2.18. The van der Waals surface area contributed by atoms with E-state index in [1.807, 2.05) is 0 Å². The molecule has 1 rings (SSSR count). The summed E-state index contributed by atoms with van der Waals surface area (Å²) in [7, 11) is 0. The van der Waals surface area contributed by atoms with Gasteiger partial charge in [0, 0.05) is 12.7 Å². The lowest BCUT2D eigenvalue weighted by Crippen LogP contribution is -2.32. The minimum Gasteiger partial charge on any atom is -0.462 e. The fourth-order valence-corrected chi connectivity index (χ4v) is 2.42. The maximum absolute atomic E-state index is 11.8. The van der Waals surface area contributed by atoms with Crippen LogP contribution in [0.5, 0.6) is 0 Å². The van der Waals surface area contributed by atoms with Crippen molar-refractivity contribution in [3.05, 3.63) is 19.5 Å². The Morgan fingerprint density at radius 2 is 2.28 bits per heavy atom. The number of thiazole rings is 1. The molecule has 18 heavy (non-hydrogen) atoms. The molecule has 0 saturated carbocycles. The summed E-state index contributed by atoms with van der Waals surface area (Å²) in [5.74, 6) is -0.730. The summed E-state index contributed by atoms with van der Waals surface area (Å²) in [6.07, 6.45) is 1.17. The highest BCUT2D eigenvalue weighted by Crippen LogP contribution is 1.96. The van der Waals surface area contributed by atoms with Gasteiger partial charge in [-0.05, 0) is 13.8 Å². The van der Waals surface area contributed by atoms with Crippen LogP contribution in [-0.2, 0) is 16.1 Å². The number of esters is 1. The molecule has 96 valence electrons. The zero-order valence-corrected chi connectivity index (χ0v) is 10.9. The van der Waals surface area contributed by atoms with Crippen LogP contribution in [0.4, 0.5) is 0 Å². The summed E-state index contributed by atoms with van der Waals surface area (Å²) in [5.41, 5.74) is 4.85. The Balaban J connectivity index is 3.71. The molecule has 0 saturated heterocycles. The van der Waals surface area contributed by atoms with Gasteiger partial charge in [-0.15, -0.1) is 11.3 Å². The van der Waals surface area contributed by atoms with Gasteiger partial charge in [-0.3, -0.25) is 9.36 Å². The second kappa shape index (κ2) is 6.02. The van der Waals surface area contributed by atoms with Crippen LogP contribution in [0, 0.1) is 11.3 Å². The van der Waals surface area contributed by atoms with Crippen LogP contribution in [0.15, 0.2) is 4.79 Å². The standard InChI is InChI=1S/C11H13N3O3S/c1-3-14-9(15)8(6-13)18-10(14)7(5-12)11(16)17-4-2/h6H,3-4,13H2,1-2H3/b8-6+,10-7-. The molecule has 0 spiro atoms. The molecule has 0 bridgehead atoms. The second-order valence-corrected chi connectivity index (χ2v) is 4.23. The molecule has 7 heteroatoms. The smallest absolute Gasteiger partial charge is 0.351 e. The molecule has 0 aliphatic carbocycles. The van der Waals surface area contributed by atoms with E-state index in [1.165, 1.54) is 10.8 Å². The van der Waals surface area contributed by atoms with Crippen molar-refractivity contribution in [1.29, 1.82) is 5.26 Å². The first-order valence-electron chi connectivity index (χ1n) is 5.33. The van der Waals surface area contributed by atoms with E-state index >= 15 is 0 Å². The van der Waals surface area contributed by atoms with E-state index in [4.69, 9.17) is 15.7 Å². The van der Waals surface area contributed by atoms with Crippen LogP contribution in [0.25, 0.3) is 11.8 Å².